The van der Waals surface area contributed by atoms with Crippen molar-refractivity contribution in [2.75, 3.05) is 26.5 Å². The molecular weight excluding hydrogens is 1030 g/mol. The maximum Gasteiger partial charge on any atom is 0.378 e. The molecule has 3 amide bonds. The lowest BCUT2D eigenvalue weighted by molar-refractivity contribution is -0.710. The Morgan fingerprint density at radius 1 is 0.960 bits per heavy atom. The van der Waals surface area contributed by atoms with E-state index in [1.165, 1.54) is 25.2 Å². The van der Waals surface area contributed by atoms with E-state index in [1.807, 2.05) is 59.3 Å². The van der Waals surface area contributed by atoms with Crippen LogP contribution in [0.5, 0.6) is 23.0 Å². The fourth-order valence-corrected chi connectivity index (χ4v) is 10.8. The van der Waals surface area contributed by atoms with Crippen molar-refractivity contribution >= 4 is 77.2 Å². The molecule has 20 nitrogen and oxygen atoms in total. The van der Waals surface area contributed by atoms with E-state index < -0.39 is 57.2 Å². The average Bonchev–Trinajstić information content (AvgIpc) is 4.01. The number of carbonyl (C=O) groups excluding carboxylic acids is 5. The molecule has 24 heteroatoms. The normalized spacial score (nSPS) is 17.5. The first kappa shape index (κ1) is 54.0. The van der Waals surface area contributed by atoms with E-state index in [1.54, 1.807) is 75.1 Å². The molecule has 1 unspecified atom stereocenters. The molecule has 0 aliphatic carbocycles. The highest BCUT2D eigenvalue weighted by Crippen LogP contribution is 2.40. The van der Waals surface area contributed by atoms with Crippen molar-refractivity contribution in [3.05, 3.63) is 128 Å². The smallest absolute Gasteiger partial charge is 0.378 e. The number of rotatable bonds is 18. The van der Waals surface area contributed by atoms with Crippen molar-refractivity contribution in [3.8, 4) is 23.0 Å². The minimum atomic E-state index is -1.89. The molecule has 75 heavy (non-hydrogen) atoms. The molecule has 5 aromatic rings. The molecule has 3 aliphatic rings. The van der Waals surface area contributed by atoms with Gasteiger partial charge in [-0.15, -0.1) is 11.3 Å². The maximum atomic E-state index is 14.5. The zero-order valence-corrected chi connectivity index (χ0v) is 44.8. The van der Waals surface area contributed by atoms with Crippen LogP contribution >= 0.6 is 22.9 Å². The zero-order chi connectivity index (χ0) is 53.9. The fraction of sp³-hybridized carbons (Fsp3) is 0.373. The van der Waals surface area contributed by atoms with Crippen molar-refractivity contribution < 1.29 is 65.9 Å². The van der Waals surface area contributed by atoms with E-state index >= 15 is 0 Å². The monoisotopic (exact) mass is 1080 g/mol. The lowest BCUT2D eigenvalue weighted by atomic mass is 10.0. The minimum Gasteiger partial charge on any atom is -0.539 e. The second-order valence-electron chi connectivity index (χ2n) is 19.0. The molecule has 0 spiro atoms. The van der Waals surface area contributed by atoms with E-state index in [-0.39, 0.29) is 77.0 Å². The predicted molar refractivity (Wildman–Crippen MR) is 274 cm³/mol. The predicted octanol–water partition coefficient (Wildman–Crippen LogP) is 4.86. The number of ether oxygens (including phenoxy) is 5. The van der Waals surface area contributed by atoms with Gasteiger partial charge in [-0.25, -0.2) is 23.7 Å². The second kappa shape index (κ2) is 22.3. The fourth-order valence-electron chi connectivity index (χ4n) is 8.27. The van der Waals surface area contributed by atoms with E-state index in [2.05, 4.69) is 20.1 Å². The number of aryl methyl sites for hydroxylation is 1. The van der Waals surface area contributed by atoms with E-state index in [9.17, 15) is 28.2 Å². The standard InChI is InChI=1S/C51H53BClN7O13S2/c1-29-54-36(27-74-29)40(56-73-51(5,6)49(65)71-50(2,3)4)44(61)55-41-46(63)60-42(48(64)72-52)32(28-75(66)47(41)60)23-58-21-19-57-20-22-59(24-38(57)58)45(62)35-17-18-37(69-25-30-9-13-33(67-7)14-10-30)43(39(35)53)70-26-31-11-15-34(68-8)16-12-31/h9-19,21,27,41,47H,20,22-26,28H2,1-8H3/p+1/b56-40-/t41-,47-,75?/m1/s1. The van der Waals surface area contributed by atoms with Gasteiger partial charge in [0.1, 0.15) is 85.1 Å². The molecule has 5 heterocycles. The molecule has 3 atom stereocenters. The van der Waals surface area contributed by atoms with Gasteiger partial charge in [-0.05, 0) is 89.1 Å². The first-order chi connectivity index (χ1) is 35.7. The molecule has 0 bridgehead atoms. The number of benzene rings is 3. The van der Waals surface area contributed by atoms with Crippen LogP contribution in [0, 0.1) is 6.92 Å². The SMILES string of the molecule is [B]OC(=O)C1=C(Cn2cc[n+]3c2CN(C(=O)c2ccc(OCc4ccc(OC)cc4)c(OCc4ccc(OC)cc4)c2Cl)CC3)CS(=O)[C@@H]2[C@H](NC(=O)/C(=N\OC(C)(C)C(=O)OC(C)(C)C)c3csc(C)n3)C(=O)N12. The number of carbonyl (C=O) groups is 5. The van der Waals surface area contributed by atoms with Gasteiger partial charge in [-0.3, -0.25) is 23.5 Å². The van der Waals surface area contributed by atoms with Gasteiger partial charge in [0.05, 0.1) is 52.9 Å². The van der Waals surface area contributed by atoms with Crippen LogP contribution in [0.1, 0.15) is 72.6 Å². The third-order valence-electron chi connectivity index (χ3n) is 12.2. The van der Waals surface area contributed by atoms with Crippen molar-refractivity contribution in [1.29, 1.82) is 0 Å². The number of amides is 3. The molecule has 8 rings (SSSR count). The van der Waals surface area contributed by atoms with Crippen LogP contribution in [0.3, 0.4) is 0 Å². The number of imidazole rings is 1. The topological polar surface area (TPSA) is 220 Å². The number of nitrogens with zero attached hydrogens (tertiary/aromatic N) is 6. The first-order valence-corrected chi connectivity index (χ1v) is 26.1. The molecule has 1 fully saturated rings. The van der Waals surface area contributed by atoms with E-state index in [0.717, 1.165) is 16.0 Å². The highest BCUT2D eigenvalue weighted by atomic mass is 35.5. The summed E-state index contributed by atoms with van der Waals surface area (Å²) in [6, 6.07) is 16.6. The molecular formula is C51H54BClN7O13S2+. The van der Waals surface area contributed by atoms with Gasteiger partial charge in [-0.2, -0.15) is 0 Å². The number of oxime groups is 1. The number of hydrogen-bond acceptors (Lipinski definition) is 16. The lowest BCUT2D eigenvalue weighted by Gasteiger charge is -2.49. The Morgan fingerprint density at radius 3 is 2.21 bits per heavy atom. The number of aromatic nitrogens is 3. The van der Waals surface area contributed by atoms with Crippen LogP contribution in [0.15, 0.2) is 94.9 Å². The summed E-state index contributed by atoms with van der Waals surface area (Å²) in [5, 5.41) is 7.59. The summed E-state index contributed by atoms with van der Waals surface area (Å²) in [4.78, 5) is 81.5. The van der Waals surface area contributed by atoms with Crippen LogP contribution in [0.4, 0.5) is 0 Å². The second-order valence-corrected chi connectivity index (χ2v) is 22.0. The summed E-state index contributed by atoms with van der Waals surface area (Å²) in [5.74, 6) is -1.59. The number of methoxy groups -OCH3 is 2. The third kappa shape index (κ3) is 11.8. The number of nitrogens with one attached hydrogen (secondary N) is 1. The maximum absolute atomic E-state index is 14.5. The van der Waals surface area contributed by atoms with Crippen LogP contribution in [-0.2, 0) is 77.1 Å². The number of fused-ring (bicyclic) bond motifs is 2. The average molecular weight is 1080 g/mol. The largest absolute Gasteiger partial charge is 0.539 e. The number of esters is 1. The van der Waals surface area contributed by atoms with E-state index in [0.29, 0.717) is 41.2 Å². The Hall–Kier alpha value is -7.24. The molecule has 3 aromatic carbocycles. The lowest BCUT2D eigenvalue weighted by Crippen LogP contribution is -2.74. The molecule has 0 saturated carbocycles. The number of β-lactam (4-membered cyclic amide) rings is 1. The van der Waals surface area contributed by atoms with Gasteiger partial charge in [0.15, 0.2) is 17.2 Å². The Kier molecular flexibility index (Phi) is 16.1. The highest BCUT2D eigenvalue weighted by Gasteiger charge is 2.58. The molecule has 2 radical (unpaired) electrons. The van der Waals surface area contributed by atoms with Crippen LogP contribution in [0.25, 0.3) is 0 Å². The molecule has 1 saturated heterocycles. The molecule has 2 aromatic heterocycles. The van der Waals surface area contributed by atoms with E-state index in [4.69, 9.17) is 48.2 Å². The van der Waals surface area contributed by atoms with Crippen molar-refractivity contribution in [1.82, 2.24) is 24.7 Å². The van der Waals surface area contributed by atoms with Crippen molar-refractivity contribution in [3.63, 3.8) is 0 Å². The molecule has 392 valence electrons. The summed E-state index contributed by atoms with van der Waals surface area (Å²) in [6.45, 7) is 10.6. The number of hydrogen-bond donors (Lipinski definition) is 1. The molecule has 3 aliphatic heterocycles. The first-order valence-electron chi connectivity index (χ1n) is 23.5. The quantitative estimate of drug-likeness (QED) is 0.0310. The number of thiazole rings is 1. The van der Waals surface area contributed by atoms with Crippen LogP contribution < -0.4 is 28.8 Å². The summed E-state index contributed by atoms with van der Waals surface area (Å²) < 4.78 is 51.1. The Labute approximate surface area is 445 Å². The Morgan fingerprint density at radius 2 is 1.61 bits per heavy atom. The van der Waals surface area contributed by atoms with Crippen LogP contribution in [-0.4, -0.2) is 116 Å². The van der Waals surface area contributed by atoms with Gasteiger partial charge in [-0.1, -0.05) is 41.0 Å². The molecule has 1 N–H and O–H groups in total. The number of halogens is 1. The van der Waals surface area contributed by atoms with Gasteiger partial charge >= 0.3 is 20.0 Å². The summed E-state index contributed by atoms with van der Waals surface area (Å²) in [6.07, 6.45) is 3.56. The third-order valence-corrected chi connectivity index (χ3v) is 15.0. The van der Waals surface area contributed by atoms with Gasteiger partial charge in [0.25, 0.3) is 23.5 Å². The van der Waals surface area contributed by atoms with Gasteiger partial charge in [0, 0.05) is 11.0 Å². The minimum absolute atomic E-state index is 0.0508. The van der Waals surface area contributed by atoms with Gasteiger partial charge < -0.3 is 43.4 Å². The highest BCUT2D eigenvalue weighted by molar-refractivity contribution is 7.86. The Balaban J connectivity index is 1.01. The van der Waals surface area contributed by atoms with Crippen LogP contribution in [0.2, 0.25) is 5.02 Å². The Bertz CT molecular complexity index is 3120. The van der Waals surface area contributed by atoms with Crippen molar-refractivity contribution in [2.24, 2.45) is 5.16 Å². The summed E-state index contributed by atoms with van der Waals surface area (Å²) >= 11 is 8.31. The zero-order valence-electron chi connectivity index (χ0n) is 42.4. The summed E-state index contributed by atoms with van der Waals surface area (Å²) in [7, 11) is 6.71. The summed E-state index contributed by atoms with van der Waals surface area (Å²) in [5.41, 5.74) is -0.882. The van der Waals surface area contributed by atoms with Crippen molar-refractivity contribution in [2.45, 2.75) is 97.0 Å². The van der Waals surface area contributed by atoms with Gasteiger partial charge in [0.2, 0.25) is 5.60 Å².